The van der Waals surface area contributed by atoms with Crippen LogP contribution in [0.15, 0.2) is 58.1 Å². The molecule has 0 saturated carbocycles. The Hall–Kier alpha value is -3.68. The van der Waals surface area contributed by atoms with E-state index in [1.807, 2.05) is 29.2 Å². The number of nitrogens with zero attached hydrogens (tertiary/aromatic N) is 3. The van der Waals surface area contributed by atoms with Crippen LogP contribution in [-0.2, 0) is 11.3 Å². The number of para-hydroxylation sites is 1. The molecule has 0 spiro atoms. The summed E-state index contributed by atoms with van der Waals surface area (Å²) < 4.78 is 1.21. The van der Waals surface area contributed by atoms with Gasteiger partial charge in [0.2, 0.25) is 5.91 Å². The molecule has 1 fully saturated rings. The van der Waals surface area contributed by atoms with Crippen LogP contribution in [0.3, 0.4) is 0 Å². The van der Waals surface area contributed by atoms with Gasteiger partial charge in [0.1, 0.15) is 0 Å². The third-order valence-electron chi connectivity index (χ3n) is 6.18. The first-order chi connectivity index (χ1) is 15.9. The maximum absolute atomic E-state index is 12.6. The van der Waals surface area contributed by atoms with Gasteiger partial charge >= 0.3 is 5.69 Å². The van der Waals surface area contributed by atoms with Crippen molar-refractivity contribution in [1.29, 1.82) is 0 Å². The van der Waals surface area contributed by atoms with Gasteiger partial charge in [0.25, 0.3) is 5.56 Å². The molecule has 1 amide bonds. The summed E-state index contributed by atoms with van der Waals surface area (Å²) in [5, 5.41) is 0.488. The number of carbonyl (C=O) groups is 2. The molecule has 4 rings (SSSR count). The van der Waals surface area contributed by atoms with Gasteiger partial charge in [0, 0.05) is 50.4 Å². The van der Waals surface area contributed by atoms with Crippen LogP contribution < -0.4 is 16.1 Å². The number of carbonyl (C=O) groups excluding carboxylic acids is 2. The monoisotopic (exact) mass is 448 g/mol. The number of benzene rings is 2. The molecular weight excluding hydrogens is 420 g/mol. The first-order valence-corrected chi connectivity index (χ1v) is 11.3. The van der Waals surface area contributed by atoms with Gasteiger partial charge < -0.3 is 14.8 Å². The fourth-order valence-electron chi connectivity index (χ4n) is 4.23. The van der Waals surface area contributed by atoms with Crippen molar-refractivity contribution in [1.82, 2.24) is 14.5 Å². The number of anilines is 1. The van der Waals surface area contributed by atoms with Gasteiger partial charge in [-0.3, -0.25) is 19.0 Å². The number of amides is 1. The lowest BCUT2D eigenvalue weighted by molar-refractivity contribution is -0.131. The Balaban J connectivity index is 1.25. The van der Waals surface area contributed by atoms with Crippen LogP contribution in [0.25, 0.3) is 10.9 Å². The van der Waals surface area contributed by atoms with Crippen LogP contribution in [0, 0.1) is 0 Å². The van der Waals surface area contributed by atoms with Crippen molar-refractivity contribution in [2.75, 3.05) is 31.1 Å². The highest BCUT2D eigenvalue weighted by Crippen LogP contribution is 2.18. The first-order valence-electron chi connectivity index (χ1n) is 11.3. The van der Waals surface area contributed by atoms with E-state index in [1.165, 1.54) is 4.57 Å². The molecule has 172 valence electrons. The summed E-state index contributed by atoms with van der Waals surface area (Å²) in [7, 11) is 0. The Labute approximate surface area is 191 Å². The highest BCUT2D eigenvalue weighted by atomic mass is 16.2. The molecule has 3 aromatic rings. The molecular formula is C25H28N4O4. The minimum atomic E-state index is -0.419. The molecule has 1 aliphatic rings. The number of hydrogen-bond acceptors (Lipinski definition) is 5. The molecule has 8 heteroatoms. The fourth-order valence-corrected chi connectivity index (χ4v) is 4.23. The minimum absolute atomic E-state index is 0.0482. The van der Waals surface area contributed by atoms with E-state index in [2.05, 4.69) is 9.88 Å². The molecule has 1 N–H and O–H groups in total. The average molecular weight is 449 g/mol. The van der Waals surface area contributed by atoms with Gasteiger partial charge in [-0.15, -0.1) is 0 Å². The Morgan fingerprint density at radius 1 is 0.909 bits per heavy atom. The zero-order valence-corrected chi connectivity index (χ0v) is 18.8. The summed E-state index contributed by atoms with van der Waals surface area (Å²) >= 11 is 0. The van der Waals surface area contributed by atoms with Crippen LogP contribution in [0.4, 0.5) is 5.69 Å². The maximum atomic E-state index is 12.6. The van der Waals surface area contributed by atoms with Crippen molar-refractivity contribution in [2.24, 2.45) is 0 Å². The Kier molecular flexibility index (Phi) is 6.72. The van der Waals surface area contributed by atoms with E-state index in [1.54, 1.807) is 31.2 Å². The lowest BCUT2D eigenvalue weighted by Gasteiger charge is -2.36. The van der Waals surface area contributed by atoms with Gasteiger partial charge in [-0.1, -0.05) is 12.1 Å². The highest BCUT2D eigenvalue weighted by molar-refractivity contribution is 5.94. The van der Waals surface area contributed by atoms with Crippen LogP contribution in [0.2, 0.25) is 0 Å². The van der Waals surface area contributed by atoms with Gasteiger partial charge in [0.15, 0.2) is 5.78 Å². The lowest BCUT2D eigenvalue weighted by atomic mass is 10.1. The van der Waals surface area contributed by atoms with Crippen molar-refractivity contribution < 1.29 is 9.59 Å². The second-order valence-corrected chi connectivity index (χ2v) is 8.36. The molecule has 0 bridgehead atoms. The number of nitrogens with one attached hydrogen (secondary N) is 1. The van der Waals surface area contributed by atoms with E-state index >= 15 is 0 Å². The van der Waals surface area contributed by atoms with E-state index in [0.717, 1.165) is 18.8 Å². The largest absolute Gasteiger partial charge is 0.368 e. The third kappa shape index (κ3) is 5.05. The van der Waals surface area contributed by atoms with Crippen molar-refractivity contribution in [3.05, 3.63) is 74.9 Å². The highest BCUT2D eigenvalue weighted by Gasteiger charge is 2.21. The van der Waals surface area contributed by atoms with Crippen LogP contribution in [-0.4, -0.2) is 52.3 Å². The molecule has 1 aliphatic heterocycles. The number of aromatic nitrogens is 2. The second kappa shape index (κ2) is 9.85. The standard InChI is InChI=1S/C25H28N4O4/c1-18(30)19-9-11-20(12-10-19)27-14-16-28(17-15-27)23(31)8-4-5-13-29-24(32)21-6-2-3-7-22(21)26-25(29)33/h2-3,6-7,9-12H,4-5,8,13-17H2,1H3,(H,26,33). The predicted octanol–water partition coefficient (Wildman–Crippen LogP) is 2.41. The van der Waals surface area contributed by atoms with Crippen molar-refractivity contribution >= 4 is 28.3 Å². The number of hydrogen-bond donors (Lipinski definition) is 1. The molecule has 0 unspecified atom stereocenters. The molecule has 0 radical (unpaired) electrons. The zero-order chi connectivity index (χ0) is 23.4. The normalized spacial score (nSPS) is 14.0. The van der Waals surface area contributed by atoms with Gasteiger partial charge in [-0.25, -0.2) is 4.79 Å². The smallest absolute Gasteiger partial charge is 0.328 e. The Bertz CT molecular complexity index is 1270. The van der Waals surface area contributed by atoms with E-state index in [4.69, 9.17) is 0 Å². The number of ketones is 1. The lowest BCUT2D eigenvalue weighted by Crippen LogP contribution is -2.48. The van der Waals surface area contributed by atoms with E-state index in [0.29, 0.717) is 48.8 Å². The third-order valence-corrected chi connectivity index (χ3v) is 6.18. The Morgan fingerprint density at radius 2 is 1.61 bits per heavy atom. The fraction of sp³-hybridized carbons (Fsp3) is 0.360. The number of H-pyrrole nitrogens is 1. The van der Waals surface area contributed by atoms with E-state index < -0.39 is 5.69 Å². The van der Waals surface area contributed by atoms with Crippen molar-refractivity contribution in [3.63, 3.8) is 0 Å². The van der Waals surface area contributed by atoms with Gasteiger partial charge in [0.05, 0.1) is 10.9 Å². The molecule has 1 saturated heterocycles. The predicted molar refractivity (Wildman–Crippen MR) is 128 cm³/mol. The van der Waals surface area contributed by atoms with E-state index in [9.17, 15) is 19.2 Å². The summed E-state index contributed by atoms with van der Waals surface area (Å²) in [5.41, 5.74) is 1.57. The number of aromatic amines is 1. The maximum Gasteiger partial charge on any atom is 0.328 e. The average Bonchev–Trinajstić information content (AvgIpc) is 2.83. The summed E-state index contributed by atoms with van der Waals surface area (Å²) in [5.74, 6) is 0.147. The number of unbranched alkanes of at least 4 members (excludes halogenated alkanes) is 1. The number of rotatable bonds is 7. The zero-order valence-electron chi connectivity index (χ0n) is 18.8. The molecule has 2 heterocycles. The summed E-state index contributed by atoms with van der Waals surface area (Å²) in [4.78, 5) is 55.7. The molecule has 1 aromatic heterocycles. The molecule has 33 heavy (non-hydrogen) atoms. The van der Waals surface area contributed by atoms with Crippen LogP contribution >= 0.6 is 0 Å². The van der Waals surface area contributed by atoms with Crippen LogP contribution in [0.5, 0.6) is 0 Å². The van der Waals surface area contributed by atoms with Crippen molar-refractivity contribution in [3.8, 4) is 0 Å². The SMILES string of the molecule is CC(=O)c1ccc(N2CCN(C(=O)CCCCn3c(=O)[nH]c4ccccc4c3=O)CC2)cc1. The topological polar surface area (TPSA) is 95.5 Å². The van der Waals surface area contributed by atoms with Crippen LogP contribution in [0.1, 0.15) is 36.5 Å². The van der Waals surface area contributed by atoms with Gasteiger partial charge in [-0.05, 0) is 56.2 Å². The number of fused-ring (bicyclic) bond motifs is 1. The molecule has 8 nitrogen and oxygen atoms in total. The summed E-state index contributed by atoms with van der Waals surface area (Å²) in [6.45, 7) is 4.63. The number of piperazine rings is 1. The minimum Gasteiger partial charge on any atom is -0.368 e. The quantitative estimate of drug-likeness (QED) is 0.442. The van der Waals surface area contributed by atoms with Gasteiger partial charge in [-0.2, -0.15) is 0 Å². The van der Waals surface area contributed by atoms with E-state index in [-0.39, 0.29) is 23.8 Å². The Morgan fingerprint density at radius 3 is 2.30 bits per heavy atom. The molecule has 0 atom stereocenters. The summed E-state index contributed by atoms with van der Waals surface area (Å²) in [6, 6.07) is 14.5. The second-order valence-electron chi connectivity index (χ2n) is 8.36. The molecule has 0 aliphatic carbocycles. The summed E-state index contributed by atoms with van der Waals surface area (Å²) in [6.07, 6.45) is 1.59. The van der Waals surface area contributed by atoms with Crippen molar-refractivity contribution in [2.45, 2.75) is 32.7 Å². The molecule has 2 aromatic carbocycles. The first kappa shape index (κ1) is 22.5. The number of Topliss-reactive ketones (excluding diaryl/α,β-unsaturated/α-hetero) is 1.